The van der Waals surface area contributed by atoms with Crippen molar-refractivity contribution >= 4 is 23.4 Å². The van der Waals surface area contributed by atoms with Gasteiger partial charge in [0.1, 0.15) is 18.2 Å². The molecular formula is C13H22N4OS. The Labute approximate surface area is 119 Å². The van der Waals surface area contributed by atoms with Gasteiger partial charge in [-0.25, -0.2) is 9.97 Å². The molecule has 2 rings (SSSR count). The number of aromatic nitrogens is 2. The molecule has 1 aromatic heterocycles. The third-order valence-corrected chi connectivity index (χ3v) is 4.80. The van der Waals surface area contributed by atoms with Gasteiger partial charge in [0.15, 0.2) is 5.82 Å². The van der Waals surface area contributed by atoms with E-state index in [2.05, 4.69) is 34.0 Å². The molecule has 106 valence electrons. The van der Waals surface area contributed by atoms with E-state index in [9.17, 15) is 0 Å². The number of anilines is 2. The molecule has 0 saturated carbocycles. The monoisotopic (exact) mass is 282 g/mol. The highest BCUT2D eigenvalue weighted by molar-refractivity contribution is 8.00. The van der Waals surface area contributed by atoms with Crippen LogP contribution in [0.5, 0.6) is 0 Å². The van der Waals surface area contributed by atoms with Crippen LogP contribution in [-0.4, -0.2) is 47.7 Å². The molecule has 1 aliphatic heterocycles. The zero-order valence-electron chi connectivity index (χ0n) is 12.0. The van der Waals surface area contributed by atoms with E-state index in [1.807, 2.05) is 24.9 Å². The lowest BCUT2D eigenvalue weighted by Crippen LogP contribution is -2.45. The van der Waals surface area contributed by atoms with Crippen molar-refractivity contribution < 1.29 is 4.74 Å². The van der Waals surface area contributed by atoms with Crippen molar-refractivity contribution in [2.45, 2.75) is 31.7 Å². The minimum atomic E-state index is 0.440. The number of rotatable bonds is 4. The summed E-state index contributed by atoms with van der Waals surface area (Å²) in [4.78, 5) is 11.4. The van der Waals surface area contributed by atoms with E-state index < -0.39 is 0 Å². The molecular weight excluding hydrogens is 260 g/mol. The lowest BCUT2D eigenvalue weighted by Gasteiger charge is -2.38. The van der Waals surface area contributed by atoms with Crippen LogP contribution in [0, 0.1) is 0 Å². The molecule has 6 heteroatoms. The Morgan fingerprint density at radius 2 is 2.26 bits per heavy atom. The van der Waals surface area contributed by atoms with Crippen LogP contribution < -0.4 is 10.2 Å². The fourth-order valence-electron chi connectivity index (χ4n) is 2.21. The molecule has 0 amide bonds. The predicted octanol–water partition coefficient (Wildman–Crippen LogP) is 1.99. The van der Waals surface area contributed by atoms with Crippen molar-refractivity contribution in [1.82, 2.24) is 9.97 Å². The molecule has 1 saturated heterocycles. The molecule has 1 aliphatic rings. The Morgan fingerprint density at radius 1 is 1.47 bits per heavy atom. The average molecular weight is 282 g/mol. The van der Waals surface area contributed by atoms with E-state index in [4.69, 9.17) is 4.74 Å². The van der Waals surface area contributed by atoms with E-state index in [1.165, 1.54) is 0 Å². The van der Waals surface area contributed by atoms with Gasteiger partial charge >= 0.3 is 0 Å². The summed E-state index contributed by atoms with van der Waals surface area (Å²) in [7, 11) is 3.54. The first-order chi connectivity index (χ1) is 9.15. The predicted molar refractivity (Wildman–Crippen MR) is 81.0 cm³/mol. The van der Waals surface area contributed by atoms with E-state index >= 15 is 0 Å². The third kappa shape index (κ3) is 3.30. The van der Waals surface area contributed by atoms with Crippen molar-refractivity contribution in [1.29, 1.82) is 0 Å². The highest BCUT2D eigenvalue weighted by atomic mass is 32.2. The molecule has 19 heavy (non-hydrogen) atoms. The van der Waals surface area contributed by atoms with Crippen molar-refractivity contribution in [2.24, 2.45) is 0 Å². The number of methoxy groups -OCH3 is 1. The Balaban J connectivity index is 2.29. The second-order valence-corrected chi connectivity index (χ2v) is 6.21. The second-order valence-electron chi connectivity index (χ2n) is 4.72. The zero-order valence-corrected chi connectivity index (χ0v) is 12.8. The molecule has 2 atom stereocenters. The summed E-state index contributed by atoms with van der Waals surface area (Å²) in [6.07, 6.45) is 0. The first kappa shape index (κ1) is 14.4. The van der Waals surface area contributed by atoms with Gasteiger partial charge < -0.3 is 15.0 Å². The Morgan fingerprint density at radius 3 is 2.95 bits per heavy atom. The molecule has 0 spiro atoms. The number of nitrogens with one attached hydrogen (secondary N) is 1. The Kier molecular flexibility index (Phi) is 4.87. The average Bonchev–Trinajstić information content (AvgIpc) is 2.42. The Hall–Kier alpha value is -1.01. The maximum absolute atomic E-state index is 5.14. The topological polar surface area (TPSA) is 50.3 Å². The summed E-state index contributed by atoms with van der Waals surface area (Å²) in [5, 5.41) is 3.71. The SMILES string of the molecule is CNc1cc(N2CCSC(C)C2C)nc(COC)n1. The molecule has 2 unspecified atom stereocenters. The fraction of sp³-hybridized carbons (Fsp3) is 0.692. The van der Waals surface area contributed by atoms with E-state index in [-0.39, 0.29) is 0 Å². The van der Waals surface area contributed by atoms with Crippen LogP contribution in [0.25, 0.3) is 0 Å². The molecule has 1 aromatic rings. The van der Waals surface area contributed by atoms with E-state index in [0.717, 1.165) is 29.8 Å². The second kappa shape index (κ2) is 6.43. The largest absolute Gasteiger partial charge is 0.377 e. The first-order valence-corrected chi connectivity index (χ1v) is 7.63. The van der Waals surface area contributed by atoms with Gasteiger partial charge in [0.05, 0.1) is 0 Å². The van der Waals surface area contributed by atoms with Crippen molar-refractivity contribution in [2.75, 3.05) is 36.7 Å². The summed E-state index contributed by atoms with van der Waals surface area (Å²) < 4.78 is 5.14. The van der Waals surface area contributed by atoms with Crippen LogP contribution in [0.1, 0.15) is 19.7 Å². The van der Waals surface area contributed by atoms with Gasteiger partial charge in [-0.2, -0.15) is 11.8 Å². The summed E-state index contributed by atoms with van der Waals surface area (Å²) >= 11 is 2.02. The van der Waals surface area contributed by atoms with Gasteiger partial charge in [-0.05, 0) is 6.92 Å². The van der Waals surface area contributed by atoms with Gasteiger partial charge in [-0.3, -0.25) is 0 Å². The van der Waals surface area contributed by atoms with Crippen LogP contribution in [0.15, 0.2) is 6.07 Å². The molecule has 0 aromatic carbocycles. The summed E-state index contributed by atoms with van der Waals surface area (Å²) in [6, 6.07) is 2.49. The van der Waals surface area contributed by atoms with Crippen molar-refractivity contribution in [3.05, 3.63) is 11.9 Å². The fourth-order valence-corrected chi connectivity index (χ4v) is 3.31. The summed E-state index contributed by atoms with van der Waals surface area (Å²) in [6.45, 7) is 6.00. The van der Waals surface area contributed by atoms with Gasteiger partial charge in [0.25, 0.3) is 0 Å². The van der Waals surface area contributed by atoms with Gasteiger partial charge in [0.2, 0.25) is 0 Å². The minimum Gasteiger partial charge on any atom is -0.377 e. The normalized spacial score (nSPS) is 23.5. The molecule has 1 N–H and O–H groups in total. The summed E-state index contributed by atoms with van der Waals surface area (Å²) in [5.41, 5.74) is 0. The molecule has 2 heterocycles. The maximum Gasteiger partial charge on any atom is 0.158 e. The van der Waals surface area contributed by atoms with Crippen LogP contribution in [0.4, 0.5) is 11.6 Å². The number of hydrogen-bond acceptors (Lipinski definition) is 6. The smallest absolute Gasteiger partial charge is 0.158 e. The third-order valence-electron chi connectivity index (χ3n) is 3.47. The van der Waals surface area contributed by atoms with Gasteiger partial charge in [-0.15, -0.1) is 0 Å². The number of ether oxygens (including phenoxy) is 1. The van der Waals surface area contributed by atoms with Gasteiger partial charge in [-0.1, -0.05) is 6.92 Å². The molecule has 0 bridgehead atoms. The standard InChI is InChI=1S/C13H22N4OS/c1-9-10(2)19-6-5-17(9)13-7-11(14-3)15-12(16-13)8-18-4/h7,9-10H,5-6,8H2,1-4H3,(H,14,15,16). The van der Waals surface area contributed by atoms with E-state index in [1.54, 1.807) is 7.11 Å². The van der Waals surface area contributed by atoms with Crippen LogP contribution >= 0.6 is 11.8 Å². The van der Waals surface area contributed by atoms with E-state index in [0.29, 0.717) is 17.9 Å². The molecule has 5 nitrogen and oxygen atoms in total. The van der Waals surface area contributed by atoms with Crippen LogP contribution in [-0.2, 0) is 11.3 Å². The number of nitrogens with zero attached hydrogens (tertiary/aromatic N) is 3. The van der Waals surface area contributed by atoms with Gasteiger partial charge in [0, 0.05) is 43.8 Å². The highest BCUT2D eigenvalue weighted by Gasteiger charge is 2.26. The highest BCUT2D eigenvalue weighted by Crippen LogP contribution is 2.28. The van der Waals surface area contributed by atoms with Crippen molar-refractivity contribution in [3.63, 3.8) is 0 Å². The molecule has 0 radical (unpaired) electrons. The molecule has 1 fully saturated rings. The number of hydrogen-bond donors (Lipinski definition) is 1. The molecule has 0 aliphatic carbocycles. The minimum absolute atomic E-state index is 0.440. The number of thioether (sulfide) groups is 1. The lowest BCUT2D eigenvalue weighted by atomic mass is 10.2. The summed E-state index contributed by atoms with van der Waals surface area (Å²) in [5.74, 6) is 3.70. The van der Waals surface area contributed by atoms with Crippen LogP contribution in [0.2, 0.25) is 0 Å². The first-order valence-electron chi connectivity index (χ1n) is 6.58. The quantitative estimate of drug-likeness (QED) is 0.911. The zero-order chi connectivity index (χ0) is 13.8. The maximum atomic E-state index is 5.14. The Bertz CT molecular complexity index is 429. The lowest BCUT2D eigenvalue weighted by molar-refractivity contribution is 0.178. The van der Waals surface area contributed by atoms with Crippen LogP contribution in [0.3, 0.4) is 0 Å². The van der Waals surface area contributed by atoms with Crippen molar-refractivity contribution in [3.8, 4) is 0 Å².